The Bertz CT molecular complexity index is 690. The first-order chi connectivity index (χ1) is 9.70. The highest BCUT2D eigenvalue weighted by molar-refractivity contribution is 5.80. The van der Waals surface area contributed by atoms with Crippen molar-refractivity contribution in [1.29, 1.82) is 5.26 Å². The van der Waals surface area contributed by atoms with E-state index in [4.69, 9.17) is 5.26 Å². The SMILES string of the molecule is N#Cc1ccc(N/N=C\c2ccccc2)c([N+](=O)[O-])c1. The van der Waals surface area contributed by atoms with Gasteiger partial charge in [0, 0.05) is 6.07 Å². The highest BCUT2D eigenvalue weighted by Crippen LogP contribution is 2.25. The summed E-state index contributed by atoms with van der Waals surface area (Å²) in [7, 11) is 0. The summed E-state index contributed by atoms with van der Waals surface area (Å²) in [5, 5.41) is 23.6. The van der Waals surface area contributed by atoms with Crippen molar-refractivity contribution in [1.82, 2.24) is 0 Å². The van der Waals surface area contributed by atoms with Crippen LogP contribution in [0.3, 0.4) is 0 Å². The molecule has 0 heterocycles. The van der Waals surface area contributed by atoms with Gasteiger partial charge in [0.25, 0.3) is 5.69 Å². The van der Waals surface area contributed by atoms with Crippen molar-refractivity contribution in [2.75, 3.05) is 5.43 Å². The fraction of sp³-hybridized carbons (Fsp3) is 0. The van der Waals surface area contributed by atoms with Crippen LogP contribution in [0.5, 0.6) is 0 Å². The minimum atomic E-state index is -0.554. The van der Waals surface area contributed by atoms with E-state index in [1.807, 2.05) is 36.4 Å². The van der Waals surface area contributed by atoms with Crippen LogP contribution in [0.4, 0.5) is 11.4 Å². The Kier molecular flexibility index (Phi) is 4.04. The monoisotopic (exact) mass is 266 g/mol. The maximum atomic E-state index is 10.9. The molecule has 0 aliphatic rings. The fourth-order valence-electron chi connectivity index (χ4n) is 1.56. The number of hydrogen-bond donors (Lipinski definition) is 1. The highest BCUT2D eigenvalue weighted by Gasteiger charge is 2.13. The van der Waals surface area contributed by atoms with Gasteiger partial charge in [-0.15, -0.1) is 0 Å². The van der Waals surface area contributed by atoms with Crippen molar-refractivity contribution >= 4 is 17.6 Å². The first-order valence-corrected chi connectivity index (χ1v) is 5.73. The number of nitriles is 1. The number of nitrogens with zero attached hydrogens (tertiary/aromatic N) is 3. The Morgan fingerprint density at radius 2 is 2.00 bits per heavy atom. The molecule has 2 aromatic carbocycles. The molecular formula is C14H10N4O2. The smallest absolute Gasteiger partial charge is 0.272 e. The van der Waals surface area contributed by atoms with E-state index in [1.165, 1.54) is 18.2 Å². The Labute approximate surface area is 115 Å². The van der Waals surface area contributed by atoms with Crippen LogP contribution in [0.15, 0.2) is 53.6 Å². The van der Waals surface area contributed by atoms with E-state index < -0.39 is 4.92 Å². The van der Waals surface area contributed by atoms with Crippen LogP contribution in [0.1, 0.15) is 11.1 Å². The minimum absolute atomic E-state index is 0.186. The summed E-state index contributed by atoms with van der Waals surface area (Å²) >= 11 is 0. The van der Waals surface area contributed by atoms with Crippen molar-refractivity contribution < 1.29 is 4.92 Å². The van der Waals surface area contributed by atoms with Gasteiger partial charge in [-0.25, -0.2) is 0 Å². The van der Waals surface area contributed by atoms with Gasteiger partial charge >= 0.3 is 0 Å². The van der Waals surface area contributed by atoms with Gasteiger partial charge in [0.05, 0.1) is 22.8 Å². The van der Waals surface area contributed by atoms with Crippen LogP contribution in [0.25, 0.3) is 0 Å². The maximum absolute atomic E-state index is 10.9. The second-order valence-electron chi connectivity index (χ2n) is 3.88. The zero-order valence-corrected chi connectivity index (χ0v) is 10.4. The summed E-state index contributed by atoms with van der Waals surface area (Å²) in [5.74, 6) is 0. The summed E-state index contributed by atoms with van der Waals surface area (Å²) in [6, 6.07) is 15.4. The zero-order chi connectivity index (χ0) is 14.4. The van der Waals surface area contributed by atoms with E-state index in [1.54, 1.807) is 6.21 Å². The predicted octanol–water partition coefficient (Wildman–Crippen LogP) is 2.91. The maximum Gasteiger partial charge on any atom is 0.295 e. The van der Waals surface area contributed by atoms with E-state index in [2.05, 4.69) is 10.5 Å². The lowest BCUT2D eigenvalue weighted by molar-refractivity contribution is -0.384. The van der Waals surface area contributed by atoms with Crippen LogP contribution < -0.4 is 5.43 Å². The third kappa shape index (κ3) is 3.17. The van der Waals surface area contributed by atoms with Gasteiger partial charge < -0.3 is 0 Å². The average molecular weight is 266 g/mol. The number of hydrogen-bond acceptors (Lipinski definition) is 5. The van der Waals surface area contributed by atoms with Gasteiger partial charge in [-0.05, 0) is 17.7 Å². The number of anilines is 1. The second kappa shape index (κ2) is 6.11. The highest BCUT2D eigenvalue weighted by atomic mass is 16.6. The third-order valence-electron chi connectivity index (χ3n) is 2.52. The van der Waals surface area contributed by atoms with E-state index >= 15 is 0 Å². The van der Waals surface area contributed by atoms with Gasteiger partial charge in [0.15, 0.2) is 0 Å². The average Bonchev–Trinajstić information content (AvgIpc) is 2.48. The Balaban J connectivity index is 2.20. The molecule has 0 saturated heterocycles. The van der Waals surface area contributed by atoms with E-state index in [0.717, 1.165) is 5.56 Å². The van der Waals surface area contributed by atoms with Crippen LogP contribution in [0.2, 0.25) is 0 Å². The largest absolute Gasteiger partial charge is 0.295 e. The van der Waals surface area contributed by atoms with Gasteiger partial charge in [0.1, 0.15) is 5.69 Å². The fourth-order valence-corrected chi connectivity index (χ4v) is 1.56. The Morgan fingerprint density at radius 1 is 1.25 bits per heavy atom. The number of nitro benzene ring substituents is 1. The molecule has 2 rings (SSSR count). The topological polar surface area (TPSA) is 91.3 Å². The molecule has 0 radical (unpaired) electrons. The predicted molar refractivity (Wildman–Crippen MR) is 75.5 cm³/mol. The van der Waals surface area contributed by atoms with Crippen molar-refractivity contribution in [3.63, 3.8) is 0 Å². The molecular weight excluding hydrogens is 256 g/mol. The molecule has 0 unspecified atom stereocenters. The molecule has 0 spiro atoms. The first kappa shape index (κ1) is 13.2. The summed E-state index contributed by atoms with van der Waals surface area (Å²) in [4.78, 5) is 10.4. The van der Waals surface area contributed by atoms with Crippen molar-refractivity contribution in [2.24, 2.45) is 5.10 Å². The molecule has 0 fully saturated rings. The molecule has 20 heavy (non-hydrogen) atoms. The molecule has 98 valence electrons. The summed E-state index contributed by atoms with van der Waals surface area (Å²) in [5.41, 5.74) is 3.77. The number of nitrogens with one attached hydrogen (secondary N) is 1. The van der Waals surface area contributed by atoms with Gasteiger partial charge in [0.2, 0.25) is 0 Å². The van der Waals surface area contributed by atoms with Crippen LogP contribution in [0, 0.1) is 21.4 Å². The standard InChI is InChI=1S/C14H10N4O2/c15-9-12-6-7-13(14(8-12)18(19)20)17-16-10-11-4-2-1-3-5-11/h1-8,10,17H/b16-10-. The zero-order valence-electron chi connectivity index (χ0n) is 10.4. The lowest BCUT2D eigenvalue weighted by atomic mass is 10.2. The normalized spacial score (nSPS) is 10.2. The number of benzene rings is 2. The number of nitro groups is 1. The van der Waals surface area contributed by atoms with Gasteiger partial charge in [-0.1, -0.05) is 30.3 Å². The lowest BCUT2D eigenvalue weighted by Gasteiger charge is -2.02. The Morgan fingerprint density at radius 3 is 2.65 bits per heavy atom. The molecule has 0 aliphatic heterocycles. The van der Waals surface area contributed by atoms with E-state index in [9.17, 15) is 10.1 Å². The van der Waals surface area contributed by atoms with Crippen LogP contribution in [-0.4, -0.2) is 11.1 Å². The summed E-state index contributed by atoms with van der Waals surface area (Å²) in [6.45, 7) is 0. The van der Waals surface area contributed by atoms with E-state index in [-0.39, 0.29) is 16.9 Å². The molecule has 0 atom stereocenters. The quantitative estimate of drug-likeness (QED) is 0.523. The lowest BCUT2D eigenvalue weighted by Crippen LogP contribution is -1.97. The number of hydrazone groups is 1. The van der Waals surface area contributed by atoms with Gasteiger partial charge in [-0.3, -0.25) is 15.5 Å². The van der Waals surface area contributed by atoms with Crippen molar-refractivity contribution in [2.45, 2.75) is 0 Å². The molecule has 1 N–H and O–H groups in total. The second-order valence-corrected chi connectivity index (χ2v) is 3.88. The molecule has 2 aromatic rings. The Hall–Kier alpha value is -3.20. The van der Waals surface area contributed by atoms with Gasteiger partial charge in [-0.2, -0.15) is 10.4 Å². The third-order valence-corrected chi connectivity index (χ3v) is 2.52. The minimum Gasteiger partial charge on any atom is -0.272 e. The summed E-state index contributed by atoms with van der Waals surface area (Å²) in [6.07, 6.45) is 1.56. The molecule has 0 saturated carbocycles. The molecule has 0 aliphatic carbocycles. The molecule has 6 nitrogen and oxygen atoms in total. The first-order valence-electron chi connectivity index (χ1n) is 5.73. The van der Waals surface area contributed by atoms with E-state index in [0.29, 0.717) is 0 Å². The molecule has 6 heteroatoms. The van der Waals surface area contributed by atoms with Crippen LogP contribution in [-0.2, 0) is 0 Å². The molecule has 0 bridgehead atoms. The molecule has 0 aromatic heterocycles. The molecule has 0 amide bonds. The number of rotatable bonds is 4. The summed E-state index contributed by atoms with van der Waals surface area (Å²) < 4.78 is 0. The van der Waals surface area contributed by atoms with Crippen LogP contribution >= 0.6 is 0 Å². The van der Waals surface area contributed by atoms with Crippen molar-refractivity contribution in [3.05, 3.63) is 69.8 Å². The van der Waals surface area contributed by atoms with Crippen molar-refractivity contribution in [3.8, 4) is 6.07 Å².